The average Bonchev–Trinajstić information content (AvgIpc) is 2.20. The lowest BCUT2D eigenvalue weighted by Gasteiger charge is -2.04. The van der Waals surface area contributed by atoms with Crippen LogP contribution >= 0.6 is 8.69 Å². The third-order valence-electron chi connectivity index (χ3n) is 1.62. The minimum atomic E-state index is -1.17. The van der Waals surface area contributed by atoms with Crippen molar-refractivity contribution in [3.63, 3.8) is 0 Å². The molecule has 0 aliphatic carbocycles. The fourth-order valence-electron chi connectivity index (χ4n) is 0.955. The van der Waals surface area contributed by atoms with Gasteiger partial charge in [-0.2, -0.15) is 4.89 Å². The van der Waals surface area contributed by atoms with Crippen LogP contribution in [-0.4, -0.2) is 22.0 Å². The number of benzene rings is 1. The summed E-state index contributed by atoms with van der Waals surface area (Å²) in [7, 11) is -1.17. The van der Waals surface area contributed by atoms with Crippen LogP contribution in [0.1, 0.15) is 5.56 Å². The van der Waals surface area contributed by atoms with E-state index < -0.39 is 20.7 Å². The number of carbonyl (C=O) groups is 1. The molecule has 6 heteroatoms. The lowest BCUT2D eigenvalue weighted by atomic mass is 10.1. The number of rotatable bonds is 3. The van der Waals surface area contributed by atoms with Crippen LogP contribution in [0.25, 0.3) is 0 Å². The highest BCUT2D eigenvalue weighted by molar-refractivity contribution is 7.16. The first-order chi connectivity index (χ1) is 7.11. The summed E-state index contributed by atoms with van der Waals surface area (Å²) in [5.41, 5.74) is 6.30. The van der Waals surface area contributed by atoms with E-state index >= 15 is 0 Å². The van der Waals surface area contributed by atoms with Gasteiger partial charge in [0.05, 0.1) is 0 Å². The normalized spacial score (nSPS) is 11.3. The van der Waals surface area contributed by atoms with Crippen LogP contribution in [0.5, 0.6) is 0 Å². The fraction of sp³-hybridized carbons (Fsp3) is 0.222. The van der Waals surface area contributed by atoms with Gasteiger partial charge in [0, 0.05) is 0 Å². The van der Waals surface area contributed by atoms with Crippen molar-refractivity contribution in [3.05, 3.63) is 35.9 Å². The minimum absolute atomic E-state index is 0.385. The van der Waals surface area contributed by atoms with Crippen LogP contribution in [0.2, 0.25) is 0 Å². The second kappa shape index (κ2) is 8.05. The molecule has 0 aromatic heterocycles. The zero-order valence-electron chi connectivity index (χ0n) is 7.96. The first kappa shape index (κ1) is 13.7. The number of aliphatic carboxylic acids is 1. The standard InChI is InChI=1S/C9H11NO2.HO2P/c10-8(9(11)12)6-7-4-2-1-3-5-7;1-3-2/h1-5,8H,6,10H2,(H,11,12);3H/p+1/t8-;/m0./s1. The summed E-state index contributed by atoms with van der Waals surface area (Å²) in [5, 5.41) is 8.52. The number of nitrogens with two attached hydrogens (primary N) is 1. The Morgan fingerprint density at radius 1 is 1.40 bits per heavy atom. The van der Waals surface area contributed by atoms with E-state index in [0.717, 1.165) is 5.56 Å². The summed E-state index contributed by atoms with van der Waals surface area (Å²) in [5.74, 6) is -0.959. The molecule has 0 saturated carbocycles. The quantitative estimate of drug-likeness (QED) is 0.658. The summed E-state index contributed by atoms with van der Waals surface area (Å²) in [6, 6.07) is 8.54. The molecule has 0 aliphatic rings. The van der Waals surface area contributed by atoms with Crippen LogP contribution in [0.3, 0.4) is 0 Å². The van der Waals surface area contributed by atoms with E-state index in [4.69, 9.17) is 20.3 Å². The van der Waals surface area contributed by atoms with E-state index in [0.29, 0.717) is 6.42 Å². The van der Waals surface area contributed by atoms with Crippen molar-refractivity contribution in [2.24, 2.45) is 5.73 Å². The Morgan fingerprint density at radius 2 is 1.87 bits per heavy atom. The third kappa shape index (κ3) is 6.74. The van der Waals surface area contributed by atoms with Crippen molar-refractivity contribution < 1.29 is 19.4 Å². The van der Waals surface area contributed by atoms with E-state index in [9.17, 15) is 4.79 Å². The smallest absolute Gasteiger partial charge is 0.480 e. The van der Waals surface area contributed by atoms with Gasteiger partial charge in [-0.1, -0.05) is 30.3 Å². The minimum Gasteiger partial charge on any atom is -0.480 e. The molecule has 1 aromatic carbocycles. The maximum atomic E-state index is 10.4. The van der Waals surface area contributed by atoms with Gasteiger partial charge in [-0.15, -0.1) is 0 Å². The monoisotopic (exact) mass is 230 g/mol. The second-order valence-corrected chi connectivity index (χ2v) is 2.91. The van der Waals surface area contributed by atoms with E-state index in [-0.39, 0.29) is 0 Å². The largest absolute Gasteiger partial charge is 0.491 e. The van der Waals surface area contributed by atoms with Crippen LogP contribution in [-0.2, 0) is 15.8 Å². The van der Waals surface area contributed by atoms with E-state index in [2.05, 4.69) is 0 Å². The first-order valence-electron chi connectivity index (χ1n) is 4.15. The molecule has 1 rings (SSSR count). The molecule has 0 radical (unpaired) electrons. The predicted molar refractivity (Wildman–Crippen MR) is 57.0 cm³/mol. The topological polar surface area (TPSA) is 101 Å². The Hall–Kier alpha value is -1.29. The molecule has 0 heterocycles. The summed E-state index contributed by atoms with van der Waals surface area (Å²) in [6.07, 6.45) is 0.385. The lowest BCUT2D eigenvalue weighted by molar-refractivity contribution is -0.138. The number of carboxylic acids is 1. The summed E-state index contributed by atoms with van der Waals surface area (Å²) in [6.45, 7) is 0. The Balaban J connectivity index is 0.000000583. The SMILES string of the molecule is N[C@@H](Cc1ccccc1)C(=O)O.O=[PH+]O. The zero-order valence-corrected chi connectivity index (χ0v) is 8.96. The van der Waals surface area contributed by atoms with Gasteiger partial charge in [0.1, 0.15) is 6.04 Å². The molecule has 0 fully saturated rings. The Labute approximate surface area is 88.8 Å². The maximum absolute atomic E-state index is 10.4. The van der Waals surface area contributed by atoms with Crippen LogP contribution in [0.15, 0.2) is 30.3 Å². The molecular formula is C9H13NO4P+. The van der Waals surface area contributed by atoms with Gasteiger partial charge in [0.25, 0.3) is 0 Å². The number of carboxylic acid groups (broad SMARTS) is 1. The molecule has 0 saturated heterocycles. The molecule has 5 nitrogen and oxygen atoms in total. The molecule has 1 aromatic rings. The lowest BCUT2D eigenvalue weighted by Crippen LogP contribution is -2.32. The first-order valence-corrected chi connectivity index (χ1v) is 5.01. The van der Waals surface area contributed by atoms with Crippen LogP contribution in [0, 0.1) is 0 Å². The van der Waals surface area contributed by atoms with Gasteiger partial charge < -0.3 is 10.8 Å². The maximum Gasteiger partial charge on any atom is 0.491 e. The van der Waals surface area contributed by atoms with Crippen molar-refractivity contribution in [3.8, 4) is 0 Å². The number of hydrogen-bond acceptors (Lipinski definition) is 3. The summed E-state index contributed by atoms with van der Waals surface area (Å²) in [4.78, 5) is 17.4. The Bertz CT molecular complexity index is 304. The highest BCUT2D eigenvalue weighted by atomic mass is 31.1. The molecule has 4 N–H and O–H groups in total. The molecule has 0 aliphatic heterocycles. The average molecular weight is 230 g/mol. The van der Waals surface area contributed by atoms with Crippen LogP contribution < -0.4 is 5.73 Å². The molecule has 82 valence electrons. The van der Waals surface area contributed by atoms with E-state index in [1.54, 1.807) is 0 Å². The fourth-order valence-corrected chi connectivity index (χ4v) is 0.955. The van der Waals surface area contributed by atoms with E-state index in [1.807, 2.05) is 30.3 Å². The van der Waals surface area contributed by atoms with Crippen molar-refractivity contribution in [1.29, 1.82) is 0 Å². The molecule has 0 amide bonds. The van der Waals surface area contributed by atoms with Crippen molar-refractivity contribution in [2.45, 2.75) is 12.5 Å². The zero-order chi connectivity index (χ0) is 11.7. The van der Waals surface area contributed by atoms with Gasteiger partial charge >= 0.3 is 14.7 Å². The molecular weight excluding hydrogens is 217 g/mol. The molecule has 2 atom stereocenters. The van der Waals surface area contributed by atoms with Gasteiger partial charge in [-0.25, -0.2) is 0 Å². The van der Waals surface area contributed by atoms with Gasteiger partial charge in [-0.05, 0) is 16.5 Å². The van der Waals surface area contributed by atoms with Crippen molar-refractivity contribution in [1.82, 2.24) is 0 Å². The Kier molecular flexibility index (Phi) is 7.36. The Morgan fingerprint density at radius 3 is 2.27 bits per heavy atom. The van der Waals surface area contributed by atoms with Gasteiger partial charge in [-0.3, -0.25) is 4.79 Å². The summed E-state index contributed by atoms with van der Waals surface area (Å²) < 4.78 is 8.51. The third-order valence-corrected chi connectivity index (χ3v) is 1.62. The molecule has 0 spiro atoms. The van der Waals surface area contributed by atoms with Crippen LogP contribution in [0.4, 0.5) is 0 Å². The van der Waals surface area contributed by atoms with Crippen molar-refractivity contribution in [2.75, 3.05) is 0 Å². The highest BCUT2D eigenvalue weighted by Crippen LogP contribution is 2.01. The molecule has 0 bridgehead atoms. The molecule has 15 heavy (non-hydrogen) atoms. The number of hydrogen-bond donors (Lipinski definition) is 3. The summed E-state index contributed by atoms with van der Waals surface area (Å²) >= 11 is 0. The van der Waals surface area contributed by atoms with Crippen molar-refractivity contribution >= 4 is 14.7 Å². The van der Waals surface area contributed by atoms with Gasteiger partial charge in [0.15, 0.2) is 0 Å². The van der Waals surface area contributed by atoms with E-state index in [1.165, 1.54) is 0 Å². The molecule has 1 unspecified atom stereocenters. The predicted octanol–water partition coefficient (Wildman–Crippen LogP) is 0.559. The second-order valence-electron chi connectivity index (χ2n) is 2.73. The highest BCUT2D eigenvalue weighted by Gasteiger charge is 2.10. The van der Waals surface area contributed by atoms with Gasteiger partial charge in [0.2, 0.25) is 0 Å².